The van der Waals surface area contributed by atoms with Crippen molar-refractivity contribution in [2.45, 2.75) is 38.1 Å². The van der Waals surface area contributed by atoms with Crippen molar-refractivity contribution in [3.8, 4) is 11.1 Å². The van der Waals surface area contributed by atoms with Crippen LogP contribution in [0.25, 0.3) is 11.1 Å². The van der Waals surface area contributed by atoms with Crippen molar-refractivity contribution in [2.75, 3.05) is 11.9 Å². The number of anilines is 1. The van der Waals surface area contributed by atoms with Crippen LogP contribution in [0.4, 0.5) is 10.1 Å². The zero-order valence-electron chi connectivity index (χ0n) is 15.5. The van der Waals surface area contributed by atoms with Crippen LogP contribution in [-0.4, -0.2) is 26.1 Å². The number of halogens is 1. The van der Waals surface area contributed by atoms with E-state index in [1.54, 1.807) is 38.1 Å². The second-order valence-corrected chi connectivity index (χ2v) is 9.61. The Hall–Kier alpha value is -2.25. The van der Waals surface area contributed by atoms with Crippen LogP contribution in [0.2, 0.25) is 0 Å². The van der Waals surface area contributed by atoms with Crippen molar-refractivity contribution < 1.29 is 17.6 Å². The molecule has 1 atom stereocenters. The zero-order valence-corrected chi connectivity index (χ0v) is 16.4. The van der Waals surface area contributed by atoms with Crippen LogP contribution >= 0.6 is 0 Å². The molecule has 0 aromatic heterocycles. The van der Waals surface area contributed by atoms with Gasteiger partial charge in [-0.05, 0) is 55.2 Å². The first-order chi connectivity index (χ1) is 12.6. The summed E-state index contributed by atoms with van der Waals surface area (Å²) in [5.74, 6) is -0.0189. The maximum atomic E-state index is 15.0. The van der Waals surface area contributed by atoms with E-state index in [-0.39, 0.29) is 12.5 Å². The van der Waals surface area contributed by atoms with E-state index in [1.165, 1.54) is 6.92 Å². The van der Waals surface area contributed by atoms with Crippen molar-refractivity contribution in [1.29, 1.82) is 0 Å². The number of benzene rings is 2. The molecule has 1 amide bonds. The number of fused-ring (bicyclic) bond motifs is 1. The lowest BCUT2D eigenvalue weighted by Gasteiger charge is -2.22. The third-order valence-corrected chi connectivity index (χ3v) is 6.56. The van der Waals surface area contributed by atoms with Crippen LogP contribution in [0, 0.1) is 0 Å². The zero-order chi connectivity index (χ0) is 19.8. The van der Waals surface area contributed by atoms with E-state index in [4.69, 9.17) is 0 Å². The van der Waals surface area contributed by atoms with Gasteiger partial charge in [-0.15, -0.1) is 0 Å². The summed E-state index contributed by atoms with van der Waals surface area (Å²) in [6.07, 6.45) is 0.361. The molecule has 144 valence electrons. The number of carbonyl (C=O) groups excluding carboxylic acids is 1. The van der Waals surface area contributed by atoms with E-state index in [2.05, 4.69) is 10.0 Å². The number of sulfonamides is 1. The lowest BCUT2D eigenvalue weighted by Crippen LogP contribution is -2.39. The lowest BCUT2D eigenvalue weighted by molar-refractivity contribution is -0.115. The van der Waals surface area contributed by atoms with Crippen molar-refractivity contribution in [2.24, 2.45) is 0 Å². The standard InChI is InChI=1S/C20H23FN2O3S/c1-13(2)27(25,26)22-12-20(3,21)17-7-4-14(5-8-17)15-6-9-18-16(10-15)11-19(24)23-18/h4-10,13,22H,11-12H2,1-3H3,(H,23,24)/t20-/m1/s1. The Balaban J connectivity index is 1.77. The first kappa shape index (κ1) is 19.5. The molecule has 0 aliphatic carbocycles. The average Bonchev–Trinajstić information content (AvgIpc) is 2.99. The van der Waals surface area contributed by atoms with Crippen LogP contribution in [0.15, 0.2) is 42.5 Å². The topological polar surface area (TPSA) is 75.3 Å². The van der Waals surface area contributed by atoms with Crippen LogP contribution in [-0.2, 0) is 26.9 Å². The van der Waals surface area contributed by atoms with Gasteiger partial charge >= 0.3 is 0 Å². The van der Waals surface area contributed by atoms with Crippen LogP contribution < -0.4 is 10.0 Å². The Labute approximate surface area is 159 Å². The molecule has 2 N–H and O–H groups in total. The summed E-state index contributed by atoms with van der Waals surface area (Å²) in [7, 11) is -3.52. The number of hydrogen-bond acceptors (Lipinski definition) is 3. The Bertz CT molecular complexity index is 967. The summed E-state index contributed by atoms with van der Waals surface area (Å²) in [5, 5.41) is 2.18. The van der Waals surface area contributed by atoms with Crippen LogP contribution in [0.3, 0.4) is 0 Å². The van der Waals surface area contributed by atoms with Gasteiger partial charge in [0.1, 0.15) is 5.67 Å². The summed E-state index contributed by atoms with van der Waals surface area (Å²) in [4.78, 5) is 11.5. The highest BCUT2D eigenvalue weighted by atomic mass is 32.2. The Morgan fingerprint density at radius 1 is 1.15 bits per heavy atom. The highest BCUT2D eigenvalue weighted by Crippen LogP contribution is 2.31. The average molecular weight is 390 g/mol. The number of amides is 1. The molecular weight excluding hydrogens is 367 g/mol. The van der Waals surface area contributed by atoms with Gasteiger partial charge in [-0.1, -0.05) is 30.3 Å². The van der Waals surface area contributed by atoms with Gasteiger partial charge in [0.05, 0.1) is 11.7 Å². The van der Waals surface area contributed by atoms with E-state index in [1.807, 2.05) is 18.2 Å². The first-order valence-electron chi connectivity index (χ1n) is 8.79. The second-order valence-electron chi connectivity index (χ2n) is 7.29. The Morgan fingerprint density at radius 3 is 2.41 bits per heavy atom. The molecule has 2 aromatic carbocycles. The maximum absolute atomic E-state index is 15.0. The maximum Gasteiger partial charge on any atom is 0.228 e. The van der Waals surface area contributed by atoms with Crippen LogP contribution in [0.5, 0.6) is 0 Å². The van der Waals surface area contributed by atoms with Gasteiger partial charge in [0.15, 0.2) is 0 Å². The van der Waals surface area contributed by atoms with Crippen molar-refractivity contribution in [3.63, 3.8) is 0 Å². The molecule has 7 heteroatoms. The molecule has 3 rings (SSSR count). The molecule has 27 heavy (non-hydrogen) atoms. The second kappa shape index (κ2) is 7.05. The summed E-state index contributed by atoms with van der Waals surface area (Å²) in [6.45, 7) is 4.13. The van der Waals surface area contributed by atoms with E-state index in [0.717, 1.165) is 22.4 Å². The Kier molecular flexibility index (Phi) is 5.10. The van der Waals surface area contributed by atoms with Gasteiger partial charge in [0, 0.05) is 12.2 Å². The fourth-order valence-corrected chi connectivity index (χ4v) is 3.73. The lowest BCUT2D eigenvalue weighted by atomic mass is 9.94. The third-order valence-electron chi connectivity index (χ3n) is 4.78. The predicted octanol–water partition coefficient (Wildman–Crippen LogP) is 3.36. The molecule has 0 radical (unpaired) electrons. The molecule has 1 aliphatic heterocycles. The van der Waals surface area contributed by atoms with Crippen LogP contribution in [0.1, 0.15) is 31.9 Å². The minimum atomic E-state index is -3.52. The molecule has 0 bridgehead atoms. The molecule has 5 nitrogen and oxygen atoms in total. The monoisotopic (exact) mass is 390 g/mol. The van der Waals surface area contributed by atoms with Gasteiger partial charge in [-0.2, -0.15) is 0 Å². The van der Waals surface area contributed by atoms with E-state index < -0.39 is 20.9 Å². The molecule has 0 saturated heterocycles. The van der Waals surface area contributed by atoms with Gasteiger partial charge in [0.2, 0.25) is 15.9 Å². The fraction of sp³-hybridized carbons (Fsp3) is 0.350. The molecule has 1 aliphatic rings. The van der Waals surface area contributed by atoms with Crippen molar-refractivity contribution in [1.82, 2.24) is 4.72 Å². The van der Waals surface area contributed by atoms with E-state index in [9.17, 15) is 13.2 Å². The van der Waals surface area contributed by atoms with E-state index >= 15 is 4.39 Å². The highest BCUT2D eigenvalue weighted by molar-refractivity contribution is 7.90. The molecular formula is C20H23FN2O3S. The van der Waals surface area contributed by atoms with Gasteiger partial charge in [0.25, 0.3) is 0 Å². The van der Waals surface area contributed by atoms with Gasteiger partial charge in [-0.25, -0.2) is 17.5 Å². The SMILES string of the molecule is CC(C)S(=O)(=O)NC[C@@](C)(F)c1ccc(-c2ccc3c(c2)CC(=O)N3)cc1. The fourth-order valence-electron chi connectivity index (χ4n) is 2.92. The minimum absolute atomic E-state index is 0.0189. The summed E-state index contributed by atoms with van der Waals surface area (Å²) in [6, 6.07) is 12.7. The van der Waals surface area contributed by atoms with Crippen molar-refractivity contribution in [3.05, 3.63) is 53.6 Å². The largest absolute Gasteiger partial charge is 0.326 e. The predicted molar refractivity (Wildman–Crippen MR) is 105 cm³/mol. The summed E-state index contributed by atoms with van der Waals surface area (Å²) < 4.78 is 41.0. The molecule has 0 fully saturated rings. The number of rotatable bonds is 6. The third kappa shape index (κ3) is 4.20. The molecule has 1 heterocycles. The smallest absolute Gasteiger partial charge is 0.228 e. The number of nitrogens with one attached hydrogen (secondary N) is 2. The molecule has 0 spiro atoms. The number of hydrogen-bond donors (Lipinski definition) is 2. The minimum Gasteiger partial charge on any atom is -0.326 e. The normalized spacial score (nSPS) is 16.1. The van der Waals surface area contributed by atoms with Crippen molar-refractivity contribution >= 4 is 21.6 Å². The summed E-state index contributed by atoms with van der Waals surface area (Å²) >= 11 is 0. The Morgan fingerprint density at radius 2 is 1.78 bits per heavy atom. The number of carbonyl (C=O) groups is 1. The summed E-state index contributed by atoms with van der Waals surface area (Å²) in [5.41, 5.74) is 2.19. The van der Waals surface area contributed by atoms with Gasteiger partial charge in [-0.3, -0.25) is 4.79 Å². The quantitative estimate of drug-likeness (QED) is 0.794. The molecule has 0 saturated carbocycles. The van der Waals surface area contributed by atoms with E-state index in [0.29, 0.717) is 12.0 Å². The number of alkyl halides is 1. The van der Waals surface area contributed by atoms with Gasteiger partial charge < -0.3 is 5.32 Å². The molecule has 2 aromatic rings. The highest BCUT2D eigenvalue weighted by Gasteiger charge is 2.29. The first-order valence-corrected chi connectivity index (χ1v) is 10.3. The molecule has 0 unspecified atom stereocenters.